The highest BCUT2D eigenvalue weighted by Gasteiger charge is 2.07. The Labute approximate surface area is 86.6 Å². The van der Waals surface area contributed by atoms with E-state index in [0.29, 0.717) is 11.4 Å². The lowest BCUT2D eigenvalue weighted by molar-refractivity contribution is 0.102. The number of pyridine rings is 1. The first-order chi connectivity index (χ1) is 7.25. The van der Waals surface area contributed by atoms with Crippen molar-refractivity contribution in [1.82, 2.24) is 15.0 Å². The molecule has 5 heteroatoms. The molecule has 2 N–H and O–H groups in total. The fourth-order valence-electron chi connectivity index (χ4n) is 1.17. The van der Waals surface area contributed by atoms with Gasteiger partial charge in [0.15, 0.2) is 0 Å². The Bertz CT molecular complexity index is 463. The predicted octanol–water partition coefficient (Wildman–Crippen LogP) is 1.37. The predicted molar refractivity (Wildman–Crippen MR) is 55.5 cm³/mol. The van der Waals surface area contributed by atoms with Crippen molar-refractivity contribution in [2.45, 2.75) is 6.92 Å². The summed E-state index contributed by atoms with van der Waals surface area (Å²) in [6.45, 7) is 1.79. The van der Waals surface area contributed by atoms with Crippen LogP contribution in [0.2, 0.25) is 0 Å². The summed E-state index contributed by atoms with van der Waals surface area (Å²) in [5.41, 5.74) is 1.16. The van der Waals surface area contributed by atoms with Gasteiger partial charge in [-0.25, -0.2) is 4.98 Å². The van der Waals surface area contributed by atoms with Crippen LogP contribution in [-0.4, -0.2) is 20.9 Å². The Morgan fingerprint density at radius 1 is 1.40 bits per heavy atom. The molecular formula is C10H10N4O. The van der Waals surface area contributed by atoms with E-state index in [4.69, 9.17) is 0 Å². The van der Waals surface area contributed by atoms with Gasteiger partial charge in [-0.1, -0.05) is 0 Å². The number of aromatic amines is 1. The van der Waals surface area contributed by atoms with Gasteiger partial charge in [0.05, 0.1) is 6.20 Å². The van der Waals surface area contributed by atoms with E-state index in [1.807, 2.05) is 0 Å². The van der Waals surface area contributed by atoms with E-state index < -0.39 is 0 Å². The van der Waals surface area contributed by atoms with Crippen molar-refractivity contribution in [3.63, 3.8) is 0 Å². The minimum Gasteiger partial charge on any atom is -0.338 e. The Morgan fingerprint density at radius 3 is 2.73 bits per heavy atom. The number of aryl methyl sites for hydroxylation is 1. The minimum atomic E-state index is -0.207. The molecule has 0 saturated heterocycles. The second kappa shape index (κ2) is 3.91. The third kappa shape index (κ3) is 2.19. The van der Waals surface area contributed by atoms with Crippen molar-refractivity contribution < 1.29 is 4.79 Å². The molecule has 0 atom stereocenters. The third-order valence-corrected chi connectivity index (χ3v) is 1.89. The van der Waals surface area contributed by atoms with Crippen LogP contribution in [0, 0.1) is 6.92 Å². The molecule has 2 heterocycles. The van der Waals surface area contributed by atoms with Gasteiger partial charge in [-0.15, -0.1) is 0 Å². The number of imidazole rings is 1. The molecule has 0 bridgehead atoms. The maximum absolute atomic E-state index is 11.6. The molecule has 1 amide bonds. The van der Waals surface area contributed by atoms with Gasteiger partial charge in [0.1, 0.15) is 11.5 Å². The summed E-state index contributed by atoms with van der Waals surface area (Å²) in [5, 5.41) is 2.72. The van der Waals surface area contributed by atoms with Gasteiger partial charge in [0, 0.05) is 18.1 Å². The highest BCUT2D eigenvalue weighted by molar-refractivity contribution is 6.02. The van der Waals surface area contributed by atoms with E-state index in [1.165, 1.54) is 6.20 Å². The maximum atomic E-state index is 11.6. The Hall–Kier alpha value is -2.17. The van der Waals surface area contributed by atoms with Crippen LogP contribution in [-0.2, 0) is 0 Å². The fraction of sp³-hybridized carbons (Fsp3) is 0.100. The first-order valence-corrected chi connectivity index (χ1v) is 4.49. The third-order valence-electron chi connectivity index (χ3n) is 1.89. The van der Waals surface area contributed by atoms with Crippen molar-refractivity contribution in [1.29, 1.82) is 0 Å². The average Bonchev–Trinajstić information content (AvgIpc) is 2.66. The Kier molecular flexibility index (Phi) is 2.45. The number of H-pyrrole nitrogens is 1. The number of anilines is 1. The second-order valence-electron chi connectivity index (χ2n) is 3.07. The van der Waals surface area contributed by atoms with Gasteiger partial charge in [0.2, 0.25) is 0 Å². The average molecular weight is 202 g/mol. The monoisotopic (exact) mass is 202 g/mol. The van der Waals surface area contributed by atoms with Crippen molar-refractivity contribution in [2.75, 3.05) is 5.32 Å². The molecule has 0 unspecified atom stereocenters. The summed E-state index contributed by atoms with van der Waals surface area (Å²) >= 11 is 0. The van der Waals surface area contributed by atoms with Crippen LogP contribution in [0.3, 0.4) is 0 Å². The molecular weight excluding hydrogens is 192 g/mol. The van der Waals surface area contributed by atoms with E-state index in [9.17, 15) is 4.79 Å². The summed E-state index contributed by atoms with van der Waals surface area (Å²) in [7, 11) is 0. The number of carbonyl (C=O) groups excluding carboxylic acids is 1. The molecule has 0 saturated carbocycles. The molecule has 2 rings (SSSR count). The Morgan fingerprint density at radius 2 is 2.13 bits per heavy atom. The minimum absolute atomic E-state index is 0.207. The molecule has 2 aromatic heterocycles. The van der Waals surface area contributed by atoms with Gasteiger partial charge in [-0.3, -0.25) is 9.78 Å². The standard InChI is InChI=1S/C10H10N4O/c1-7-12-6-9(13-7)10(15)14-8-2-4-11-5-3-8/h2-6H,1H3,(H,12,13)(H,11,14,15). The van der Waals surface area contributed by atoms with Gasteiger partial charge < -0.3 is 10.3 Å². The zero-order valence-corrected chi connectivity index (χ0v) is 8.19. The molecule has 0 aliphatic rings. The van der Waals surface area contributed by atoms with Crippen LogP contribution in [0.4, 0.5) is 5.69 Å². The molecule has 0 spiro atoms. The van der Waals surface area contributed by atoms with Crippen LogP contribution in [0.5, 0.6) is 0 Å². The van der Waals surface area contributed by atoms with E-state index >= 15 is 0 Å². The number of nitrogens with one attached hydrogen (secondary N) is 2. The summed E-state index contributed by atoms with van der Waals surface area (Å²) in [6, 6.07) is 3.45. The highest BCUT2D eigenvalue weighted by Crippen LogP contribution is 2.05. The van der Waals surface area contributed by atoms with Crippen LogP contribution in [0.25, 0.3) is 0 Å². The molecule has 15 heavy (non-hydrogen) atoms. The SMILES string of the molecule is Cc1ncc(C(=O)Nc2ccncc2)[nH]1. The molecule has 5 nitrogen and oxygen atoms in total. The van der Waals surface area contributed by atoms with Crippen molar-refractivity contribution in [2.24, 2.45) is 0 Å². The second-order valence-corrected chi connectivity index (χ2v) is 3.07. The van der Waals surface area contributed by atoms with Gasteiger partial charge in [-0.05, 0) is 19.1 Å². The smallest absolute Gasteiger partial charge is 0.273 e. The quantitative estimate of drug-likeness (QED) is 0.772. The first-order valence-electron chi connectivity index (χ1n) is 4.49. The molecule has 0 radical (unpaired) electrons. The largest absolute Gasteiger partial charge is 0.338 e. The van der Waals surface area contributed by atoms with E-state index in [1.54, 1.807) is 31.5 Å². The maximum Gasteiger partial charge on any atom is 0.273 e. The topological polar surface area (TPSA) is 70.7 Å². The van der Waals surface area contributed by atoms with Crippen LogP contribution in [0.1, 0.15) is 16.3 Å². The highest BCUT2D eigenvalue weighted by atomic mass is 16.1. The number of nitrogens with zero attached hydrogens (tertiary/aromatic N) is 2. The van der Waals surface area contributed by atoms with Crippen molar-refractivity contribution in [3.05, 3.63) is 42.2 Å². The molecule has 0 aromatic carbocycles. The van der Waals surface area contributed by atoms with Crippen LogP contribution in [0.15, 0.2) is 30.7 Å². The summed E-state index contributed by atoms with van der Waals surface area (Å²) < 4.78 is 0. The van der Waals surface area contributed by atoms with Gasteiger partial charge in [0.25, 0.3) is 5.91 Å². The zero-order chi connectivity index (χ0) is 10.7. The van der Waals surface area contributed by atoms with Crippen LogP contribution < -0.4 is 5.32 Å². The normalized spacial score (nSPS) is 9.93. The first kappa shape index (κ1) is 9.39. The zero-order valence-electron chi connectivity index (χ0n) is 8.19. The lowest BCUT2D eigenvalue weighted by atomic mass is 10.3. The molecule has 2 aromatic rings. The number of hydrogen-bond donors (Lipinski definition) is 2. The summed E-state index contributed by atoms with van der Waals surface area (Å²) in [5.74, 6) is 0.511. The Balaban J connectivity index is 2.11. The number of aromatic nitrogens is 3. The number of carbonyl (C=O) groups is 1. The van der Waals surface area contributed by atoms with E-state index in [-0.39, 0.29) is 5.91 Å². The van der Waals surface area contributed by atoms with Crippen LogP contribution >= 0.6 is 0 Å². The lowest BCUT2D eigenvalue weighted by Gasteiger charge is -2.01. The van der Waals surface area contributed by atoms with Crippen molar-refractivity contribution >= 4 is 11.6 Å². The lowest BCUT2D eigenvalue weighted by Crippen LogP contribution is -2.12. The number of hydrogen-bond acceptors (Lipinski definition) is 3. The van der Waals surface area contributed by atoms with E-state index in [0.717, 1.165) is 5.82 Å². The molecule has 0 aliphatic heterocycles. The van der Waals surface area contributed by atoms with Crippen molar-refractivity contribution in [3.8, 4) is 0 Å². The van der Waals surface area contributed by atoms with Gasteiger partial charge >= 0.3 is 0 Å². The molecule has 0 fully saturated rings. The summed E-state index contributed by atoms with van der Waals surface area (Å²) in [6.07, 6.45) is 4.74. The number of rotatable bonds is 2. The molecule has 76 valence electrons. The fourth-order valence-corrected chi connectivity index (χ4v) is 1.17. The van der Waals surface area contributed by atoms with Gasteiger partial charge in [-0.2, -0.15) is 0 Å². The molecule has 0 aliphatic carbocycles. The van der Waals surface area contributed by atoms with E-state index in [2.05, 4.69) is 20.3 Å². The number of amides is 1. The summed E-state index contributed by atoms with van der Waals surface area (Å²) in [4.78, 5) is 22.3.